The Labute approximate surface area is 147 Å². The number of carbonyl (C=O) groups is 2. The van der Waals surface area contributed by atoms with Crippen LogP contribution in [0.4, 0.5) is 18.9 Å². The van der Waals surface area contributed by atoms with Crippen LogP contribution in [0.5, 0.6) is 0 Å². The molecule has 0 aliphatic carbocycles. The molecule has 1 N–H and O–H groups in total. The molecule has 5 atom stereocenters. The molecule has 26 heavy (non-hydrogen) atoms. The highest BCUT2D eigenvalue weighted by Gasteiger charge is 2.72. The quantitative estimate of drug-likeness (QED) is 0.814. The number of hydrogen-bond donors (Lipinski definition) is 1. The topological polar surface area (TPSA) is 66.8 Å². The normalized spacial score (nSPS) is 37.4. The molecule has 3 heterocycles. The molecule has 8 heteroatoms. The maximum Gasteiger partial charge on any atom is 0.418 e. The van der Waals surface area contributed by atoms with Gasteiger partial charge in [0.1, 0.15) is 0 Å². The largest absolute Gasteiger partial charge is 0.418 e. The second-order valence-corrected chi connectivity index (χ2v) is 7.73. The number of imide groups is 1. The molecular weight excluding hydrogens is 351 g/mol. The Bertz CT molecular complexity index is 759. The summed E-state index contributed by atoms with van der Waals surface area (Å²) < 4.78 is 43.8. The lowest BCUT2D eigenvalue weighted by Gasteiger charge is -2.27. The van der Waals surface area contributed by atoms with Gasteiger partial charge in [-0.1, -0.05) is 12.1 Å². The fraction of sp³-hybridized carbons (Fsp3) is 0.556. The Hall–Kier alpha value is -1.93. The monoisotopic (exact) mass is 369 g/mol. The average molecular weight is 369 g/mol. The Balaban J connectivity index is 1.66. The van der Waals surface area contributed by atoms with Crippen LogP contribution in [0, 0.1) is 11.8 Å². The van der Waals surface area contributed by atoms with Gasteiger partial charge in [0, 0.05) is 0 Å². The molecule has 1 aromatic rings. The molecule has 0 aromatic heterocycles. The number of aliphatic hydroxyl groups is 1. The Morgan fingerprint density at radius 1 is 1.08 bits per heavy atom. The minimum absolute atomic E-state index is 0.208. The summed E-state index contributed by atoms with van der Waals surface area (Å²) in [6, 6.07) is 4.68. The number of aliphatic hydroxyl groups excluding tert-OH is 1. The first kappa shape index (κ1) is 17.5. The van der Waals surface area contributed by atoms with Crippen molar-refractivity contribution in [1.29, 1.82) is 0 Å². The van der Waals surface area contributed by atoms with E-state index in [9.17, 15) is 27.9 Å². The number of anilines is 1. The van der Waals surface area contributed by atoms with E-state index >= 15 is 0 Å². The van der Waals surface area contributed by atoms with Crippen LogP contribution in [-0.2, 0) is 14.3 Å². The number of halogens is 3. The smallest absolute Gasteiger partial charge is 0.379 e. The van der Waals surface area contributed by atoms with Crippen LogP contribution < -0.4 is 4.90 Å². The highest BCUT2D eigenvalue weighted by Crippen LogP contribution is 2.60. The van der Waals surface area contributed by atoms with Gasteiger partial charge in [-0.3, -0.25) is 9.59 Å². The fourth-order valence-corrected chi connectivity index (χ4v) is 4.72. The van der Waals surface area contributed by atoms with Gasteiger partial charge in [-0.15, -0.1) is 0 Å². The average Bonchev–Trinajstić information content (AvgIpc) is 3.10. The van der Waals surface area contributed by atoms with Gasteiger partial charge in [0.15, 0.2) is 6.10 Å². The van der Waals surface area contributed by atoms with Gasteiger partial charge in [0.2, 0.25) is 11.8 Å². The van der Waals surface area contributed by atoms with Crippen LogP contribution in [-0.4, -0.2) is 34.3 Å². The molecule has 2 amide bonds. The first-order valence-electron chi connectivity index (χ1n) is 8.41. The van der Waals surface area contributed by atoms with Gasteiger partial charge >= 0.3 is 6.18 Å². The van der Waals surface area contributed by atoms with E-state index in [1.165, 1.54) is 12.1 Å². The summed E-state index contributed by atoms with van der Waals surface area (Å²) in [6.07, 6.45) is -6.01. The van der Waals surface area contributed by atoms with Crippen LogP contribution in [0.3, 0.4) is 0 Å². The van der Waals surface area contributed by atoms with E-state index in [1.54, 1.807) is 0 Å². The van der Waals surface area contributed by atoms with E-state index in [4.69, 9.17) is 4.74 Å². The van der Waals surface area contributed by atoms with E-state index in [1.807, 2.05) is 13.8 Å². The Kier molecular flexibility index (Phi) is 3.41. The van der Waals surface area contributed by atoms with E-state index in [0.717, 1.165) is 17.0 Å². The first-order chi connectivity index (χ1) is 12.0. The fourth-order valence-electron chi connectivity index (χ4n) is 4.72. The molecule has 2 bridgehead atoms. The number of amides is 2. The molecule has 3 aliphatic heterocycles. The maximum absolute atomic E-state index is 12.9. The van der Waals surface area contributed by atoms with E-state index in [0.29, 0.717) is 12.8 Å². The van der Waals surface area contributed by atoms with E-state index in [2.05, 4.69) is 0 Å². The Morgan fingerprint density at radius 2 is 1.54 bits per heavy atom. The third-order valence-electron chi connectivity index (χ3n) is 5.98. The number of carbonyl (C=O) groups excluding carboxylic acids is 2. The second kappa shape index (κ2) is 5.07. The maximum atomic E-state index is 12.9. The van der Waals surface area contributed by atoms with Gasteiger partial charge in [-0.2, -0.15) is 13.2 Å². The van der Waals surface area contributed by atoms with Gasteiger partial charge in [-0.05, 0) is 44.4 Å². The summed E-state index contributed by atoms with van der Waals surface area (Å²) in [5, 5.41) is 9.31. The number of fused-ring (bicyclic) bond motifs is 5. The third kappa shape index (κ3) is 2.18. The van der Waals surface area contributed by atoms with Crippen molar-refractivity contribution in [2.24, 2.45) is 11.8 Å². The SMILES string of the molecule is CC12CCC(C)(O1)C1C(=O)N(c3ccc(C(O)C(F)(F)F)cc3)C(=O)C12. The lowest BCUT2D eigenvalue weighted by atomic mass is 9.69. The van der Waals surface area contributed by atoms with Crippen molar-refractivity contribution in [2.45, 2.75) is 50.2 Å². The molecule has 3 fully saturated rings. The number of ether oxygens (including phenoxy) is 1. The van der Waals surface area contributed by atoms with Crippen molar-refractivity contribution in [3.63, 3.8) is 0 Å². The summed E-state index contributed by atoms with van der Waals surface area (Å²) in [5.41, 5.74) is -1.51. The zero-order chi connectivity index (χ0) is 19.1. The number of rotatable bonds is 2. The van der Waals surface area contributed by atoms with Gasteiger partial charge in [-0.25, -0.2) is 4.90 Å². The summed E-state index contributed by atoms with van der Waals surface area (Å²) in [7, 11) is 0. The predicted octanol–water partition coefficient (Wildman–Crippen LogP) is 2.73. The molecule has 3 aliphatic rings. The standard InChI is InChI=1S/C18H18F3NO4/c1-16-7-8-17(2,26-16)12-11(16)14(24)22(15(12)25)10-5-3-9(4-6-10)13(23)18(19,20)21/h3-6,11-13,23H,7-8H2,1-2H3. The van der Waals surface area contributed by atoms with Crippen LogP contribution in [0.15, 0.2) is 24.3 Å². The molecule has 0 spiro atoms. The molecule has 0 saturated carbocycles. The third-order valence-corrected chi connectivity index (χ3v) is 5.98. The van der Waals surface area contributed by atoms with E-state index in [-0.39, 0.29) is 23.1 Å². The van der Waals surface area contributed by atoms with Crippen molar-refractivity contribution in [3.05, 3.63) is 29.8 Å². The first-order valence-corrected chi connectivity index (χ1v) is 8.41. The lowest BCUT2D eigenvalue weighted by molar-refractivity contribution is -0.206. The summed E-state index contributed by atoms with van der Waals surface area (Å²) in [5.74, 6) is -1.91. The molecule has 4 rings (SSSR count). The zero-order valence-corrected chi connectivity index (χ0v) is 14.2. The van der Waals surface area contributed by atoms with Gasteiger partial charge < -0.3 is 9.84 Å². The number of hydrogen-bond acceptors (Lipinski definition) is 4. The predicted molar refractivity (Wildman–Crippen MR) is 84.1 cm³/mol. The minimum Gasteiger partial charge on any atom is -0.379 e. The highest BCUT2D eigenvalue weighted by molar-refractivity contribution is 6.23. The zero-order valence-electron chi connectivity index (χ0n) is 14.2. The summed E-state index contributed by atoms with van der Waals surface area (Å²) in [6.45, 7) is 3.67. The molecule has 140 valence electrons. The van der Waals surface area contributed by atoms with Crippen molar-refractivity contribution in [1.82, 2.24) is 0 Å². The molecule has 5 unspecified atom stereocenters. The molecule has 0 radical (unpaired) electrons. The Morgan fingerprint density at radius 3 is 1.96 bits per heavy atom. The van der Waals surface area contributed by atoms with Crippen LogP contribution in [0.1, 0.15) is 38.4 Å². The summed E-state index contributed by atoms with van der Waals surface area (Å²) >= 11 is 0. The summed E-state index contributed by atoms with van der Waals surface area (Å²) in [4.78, 5) is 26.9. The van der Waals surface area contributed by atoms with Crippen molar-refractivity contribution in [2.75, 3.05) is 4.90 Å². The van der Waals surface area contributed by atoms with Crippen molar-refractivity contribution in [3.8, 4) is 0 Å². The number of nitrogens with zero attached hydrogens (tertiary/aromatic N) is 1. The van der Waals surface area contributed by atoms with Crippen molar-refractivity contribution < 1.29 is 32.6 Å². The molecule has 5 nitrogen and oxygen atoms in total. The molecule has 1 aromatic carbocycles. The van der Waals surface area contributed by atoms with E-state index < -0.39 is 35.3 Å². The van der Waals surface area contributed by atoms with Crippen LogP contribution >= 0.6 is 0 Å². The minimum atomic E-state index is -4.78. The van der Waals surface area contributed by atoms with Gasteiger partial charge in [0.05, 0.1) is 28.7 Å². The van der Waals surface area contributed by atoms with Gasteiger partial charge in [0.25, 0.3) is 0 Å². The second-order valence-electron chi connectivity index (χ2n) is 7.73. The molecule has 3 saturated heterocycles. The molecular formula is C18H18F3NO4. The number of alkyl halides is 3. The van der Waals surface area contributed by atoms with Crippen molar-refractivity contribution >= 4 is 17.5 Å². The lowest BCUT2D eigenvalue weighted by Crippen LogP contribution is -2.40. The van der Waals surface area contributed by atoms with Crippen LogP contribution in [0.2, 0.25) is 0 Å². The highest BCUT2D eigenvalue weighted by atomic mass is 19.4. The van der Waals surface area contributed by atoms with Crippen LogP contribution in [0.25, 0.3) is 0 Å². The number of benzene rings is 1.